The van der Waals surface area contributed by atoms with E-state index in [9.17, 15) is 9.90 Å². The Labute approximate surface area is 175 Å². The van der Waals surface area contributed by atoms with Gasteiger partial charge in [-0.2, -0.15) is 0 Å². The topological polar surface area (TPSA) is 94.5 Å². The van der Waals surface area contributed by atoms with Crippen molar-refractivity contribution >= 4 is 5.97 Å². The molecule has 0 spiro atoms. The number of carbonyl (C=O) groups is 1. The summed E-state index contributed by atoms with van der Waals surface area (Å²) in [7, 11) is 1.56. The molecule has 3 rings (SSSR count). The Morgan fingerprint density at radius 1 is 1.34 bits per heavy atom. The van der Waals surface area contributed by atoms with Gasteiger partial charge in [-0.05, 0) is 62.2 Å². The van der Waals surface area contributed by atoms with Crippen molar-refractivity contribution in [1.82, 2.24) is 0 Å². The Kier molecular flexibility index (Phi) is 6.81. The van der Waals surface area contributed by atoms with Gasteiger partial charge in [-0.15, -0.1) is 0 Å². The zero-order chi connectivity index (χ0) is 21.9. The molecule has 2 N–H and O–H groups in total. The summed E-state index contributed by atoms with van der Waals surface area (Å²) in [6.07, 6.45) is 5.06. The third-order valence-corrected chi connectivity index (χ3v) is 8.00. The molecular weight excluding hydrogens is 376 g/mol. The van der Waals surface area contributed by atoms with Gasteiger partial charge in [0, 0.05) is 13.0 Å². The van der Waals surface area contributed by atoms with E-state index in [1.54, 1.807) is 14.0 Å². The number of esters is 1. The molecule has 0 amide bonds. The van der Waals surface area contributed by atoms with Gasteiger partial charge in [0.2, 0.25) is 1.43 Å². The lowest BCUT2D eigenvalue weighted by molar-refractivity contribution is -0.158. The van der Waals surface area contributed by atoms with Crippen LogP contribution in [0.25, 0.3) is 0 Å². The highest BCUT2D eigenvalue weighted by Gasteiger charge is 2.54. The number of ether oxygens (including phenoxy) is 4. The second-order valence-corrected chi connectivity index (χ2v) is 9.72. The number of rotatable bonds is 10. The number of fused-ring (bicyclic) bond motifs is 1. The third-order valence-electron chi connectivity index (χ3n) is 8.00. The molecule has 7 nitrogen and oxygen atoms in total. The van der Waals surface area contributed by atoms with Gasteiger partial charge in [-0.1, -0.05) is 20.3 Å². The molecule has 7 heteroatoms. The van der Waals surface area contributed by atoms with Crippen LogP contribution in [-0.4, -0.2) is 62.7 Å². The lowest BCUT2D eigenvalue weighted by Crippen LogP contribution is -2.51. The summed E-state index contributed by atoms with van der Waals surface area (Å²) in [6, 6.07) is 0. The monoisotopic (exact) mass is 416 g/mol. The lowest BCUT2D eigenvalue weighted by Gasteiger charge is -2.46. The number of cyclic esters (lactones) is 1. The van der Waals surface area contributed by atoms with Gasteiger partial charge < -0.3 is 29.2 Å². The number of hydrogen-bond donors (Lipinski definition) is 2. The van der Waals surface area contributed by atoms with E-state index in [1.807, 2.05) is 0 Å². The summed E-state index contributed by atoms with van der Waals surface area (Å²) < 4.78 is 28.6. The van der Waals surface area contributed by atoms with E-state index in [0.717, 1.165) is 32.1 Å². The Hall–Kier alpha value is -0.730. The quantitative estimate of drug-likeness (QED) is 0.321. The number of aliphatic hydroxyl groups excluding tert-OH is 2. The fourth-order valence-electron chi connectivity index (χ4n) is 6.37. The normalized spacial score (nSPS) is 40.8. The lowest BCUT2D eigenvalue weighted by atomic mass is 9.61. The average Bonchev–Trinajstić information content (AvgIpc) is 3.26. The standard InChI is InChI=1S/C22H38O7/c1-14(16-7-8-17-18(23)6-5-9-21(16,17)2)10-15(11-27-12-26-4)19(24)22(3)20(25)28-13-29-22/h14-19,23-24H,5-13H2,1-4H3/t14-,15?,16-,17?,18+,19?,21-,22+/m1/s1/i23T. The molecule has 0 aromatic heterocycles. The van der Waals surface area contributed by atoms with Crippen molar-refractivity contribution < 1.29 is 34.0 Å². The summed E-state index contributed by atoms with van der Waals surface area (Å²) in [5.41, 5.74) is -1.24. The van der Waals surface area contributed by atoms with Gasteiger partial charge in [0.15, 0.2) is 12.4 Å². The summed E-state index contributed by atoms with van der Waals surface area (Å²) in [4.78, 5) is 12.2. The first-order valence-corrected chi connectivity index (χ1v) is 11.0. The van der Waals surface area contributed by atoms with Crippen LogP contribution < -0.4 is 0 Å². The minimum absolute atomic E-state index is 0.0212. The van der Waals surface area contributed by atoms with Crippen LogP contribution in [0.4, 0.5) is 0 Å². The molecule has 0 aromatic rings. The zero-order valence-corrected chi connectivity index (χ0v) is 18.2. The van der Waals surface area contributed by atoms with Crippen molar-refractivity contribution in [3.05, 3.63) is 0 Å². The molecule has 1 saturated heterocycles. The highest BCUT2D eigenvalue weighted by Crippen LogP contribution is 2.58. The van der Waals surface area contributed by atoms with Gasteiger partial charge in [-0.25, -0.2) is 4.79 Å². The van der Waals surface area contributed by atoms with Crippen molar-refractivity contribution in [1.29, 1.82) is 1.43 Å². The molecule has 168 valence electrons. The van der Waals surface area contributed by atoms with Crippen LogP contribution in [0.2, 0.25) is 0 Å². The molecule has 3 unspecified atom stereocenters. The molecule has 2 saturated carbocycles. The maximum absolute atomic E-state index is 12.2. The molecule has 8 atom stereocenters. The van der Waals surface area contributed by atoms with E-state index in [2.05, 4.69) is 13.8 Å². The smallest absolute Gasteiger partial charge is 0.343 e. The minimum atomic E-state index is -1.38. The number of carbonyl (C=O) groups excluding carboxylic acids is 1. The van der Waals surface area contributed by atoms with Gasteiger partial charge in [-0.3, -0.25) is 0 Å². The van der Waals surface area contributed by atoms with Crippen LogP contribution in [-0.2, 0) is 23.7 Å². The molecule has 29 heavy (non-hydrogen) atoms. The first-order valence-electron chi connectivity index (χ1n) is 11.4. The van der Waals surface area contributed by atoms with E-state index in [1.165, 1.54) is 0 Å². The molecule has 0 radical (unpaired) electrons. The fourth-order valence-corrected chi connectivity index (χ4v) is 6.37. The Morgan fingerprint density at radius 2 is 2.14 bits per heavy atom. The molecule has 1 heterocycles. The predicted octanol–water partition coefficient (Wildman–Crippen LogP) is 2.48. The SMILES string of the molecule is [3H]O[C@H]1CCC[C@@]2(C)C1CC[C@@H]2[C@H](C)CC(COCOC)C(O)[C@]1(C)OCOC1=O. The van der Waals surface area contributed by atoms with Crippen LogP contribution in [0.1, 0.15) is 59.3 Å². The summed E-state index contributed by atoms with van der Waals surface area (Å²) in [5, 5.41) is 16.2. The first-order chi connectivity index (χ1) is 14.3. The maximum atomic E-state index is 12.2. The van der Waals surface area contributed by atoms with Crippen molar-refractivity contribution in [2.24, 2.45) is 29.1 Å². The van der Waals surface area contributed by atoms with Crippen LogP contribution in [0.15, 0.2) is 0 Å². The van der Waals surface area contributed by atoms with Gasteiger partial charge in [0.1, 0.15) is 6.79 Å². The van der Waals surface area contributed by atoms with E-state index in [-0.39, 0.29) is 37.6 Å². The average molecular weight is 417 g/mol. The van der Waals surface area contributed by atoms with Crippen molar-refractivity contribution in [2.45, 2.75) is 77.1 Å². The molecule has 2 aliphatic carbocycles. The largest absolute Gasteiger partial charge is 0.436 e. The second kappa shape index (κ2) is 9.18. The highest BCUT2D eigenvalue weighted by molar-refractivity contribution is 5.81. The van der Waals surface area contributed by atoms with Crippen LogP contribution >= 0.6 is 0 Å². The number of hydrogen-bond acceptors (Lipinski definition) is 7. The Balaban J connectivity index is 1.73. The zero-order valence-electron chi connectivity index (χ0n) is 19.2. The van der Waals surface area contributed by atoms with Crippen LogP contribution in [0.5, 0.6) is 0 Å². The Morgan fingerprint density at radius 3 is 2.79 bits per heavy atom. The fraction of sp³-hybridized carbons (Fsp3) is 0.955. The van der Waals surface area contributed by atoms with Gasteiger partial charge in [0.25, 0.3) is 0 Å². The van der Waals surface area contributed by atoms with E-state index < -0.39 is 17.7 Å². The maximum Gasteiger partial charge on any atom is 0.343 e. The summed E-state index contributed by atoms with van der Waals surface area (Å²) in [5.74, 6) is 0.378. The molecule has 3 aliphatic rings. The predicted molar refractivity (Wildman–Crippen MR) is 106 cm³/mol. The van der Waals surface area contributed by atoms with Gasteiger partial charge >= 0.3 is 5.97 Å². The second-order valence-electron chi connectivity index (χ2n) is 9.72. The number of aliphatic hydroxyl groups is 2. The van der Waals surface area contributed by atoms with Crippen molar-refractivity contribution in [3.8, 4) is 0 Å². The summed E-state index contributed by atoms with van der Waals surface area (Å²) >= 11 is 0. The van der Waals surface area contributed by atoms with Crippen LogP contribution in [0.3, 0.4) is 0 Å². The van der Waals surface area contributed by atoms with E-state index in [0.29, 0.717) is 24.2 Å². The molecule has 0 aromatic carbocycles. The van der Waals surface area contributed by atoms with E-state index in [4.69, 9.17) is 25.5 Å². The van der Waals surface area contributed by atoms with Gasteiger partial charge in [0.05, 0.1) is 18.8 Å². The third kappa shape index (κ3) is 4.35. The molecule has 0 bridgehead atoms. The highest BCUT2D eigenvalue weighted by atomic mass is 16.7. The molecule has 1 aliphatic heterocycles. The summed E-state index contributed by atoms with van der Waals surface area (Å²) in [6.45, 7) is 6.44. The van der Waals surface area contributed by atoms with Crippen LogP contribution in [0, 0.1) is 29.1 Å². The number of methoxy groups -OCH3 is 1. The van der Waals surface area contributed by atoms with E-state index >= 15 is 0 Å². The molecule has 3 fully saturated rings. The van der Waals surface area contributed by atoms with Crippen molar-refractivity contribution in [2.75, 3.05) is 27.3 Å². The first kappa shape index (κ1) is 21.5. The van der Waals surface area contributed by atoms with Crippen molar-refractivity contribution in [3.63, 3.8) is 0 Å². The minimum Gasteiger partial charge on any atom is -0.436 e. The Bertz CT molecular complexity index is 590. The molecular formula is C22H38O7.